The number of carbonyl (C=O) groups is 1. The first-order valence-corrected chi connectivity index (χ1v) is 9.93. The number of carbonyl (C=O) groups excluding carboxylic acids is 1. The number of hydrogen-bond acceptors (Lipinski definition) is 7. The Morgan fingerprint density at radius 3 is 2.46 bits per heavy atom. The van der Waals surface area contributed by atoms with E-state index in [1.54, 1.807) is 0 Å². The van der Waals surface area contributed by atoms with Gasteiger partial charge in [-0.2, -0.15) is 8.78 Å². The summed E-state index contributed by atoms with van der Waals surface area (Å²) in [6, 6.07) is 2.62. The molecule has 0 aliphatic rings. The summed E-state index contributed by atoms with van der Waals surface area (Å²) < 4.78 is 103. The van der Waals surface area contributed by atoms with E-state index in [2.05, 4.69) is 29.7 Å². The second kappa shape index (κ2) is 11.2. The van der Waals surface area contributed by atoms with Crippen molar-refractivity contribution in [1.82, 2.24) is 20.3 Å². The number of nitrogens with zero attached hydrogens (tertiary/aromatic N) is 2. The zero-order valence-electron chi connectivity index (χ0n) is 18.4. The minimum Gasteiger partial charge on any atom is -0.433 e. The van der Waals surface area contributed by atoms with Gasteiger partial charge in [0.05, 0.1) is 18.8 Å². The minimum atomic E-state index is -5.13. The highest BCUT2D eigenvalue weighted by Crippen LogP contribution is 2.28. The van der Waals surface area contributed by atoms with E-state index in [0.717, 1.165) is 18.3 Å². The van der Waals surface area contributed by atoms with Crippen molar-refractivity contribution in [2.24, 2.45) is 0 Å². The van der Waals surface area contributed by atoms with Crippen molar-refractivity contribution in [3.63, 3.8) is 0 Å². The molecular formula is C21H15F7N4O5. The summed E-state index contributed by atoms with van der Waals surface area (Å²) in [4.78, 5) is 34.4. The Hall–Kier alpha value is -4.21. The number of ether oxygens (including phenoxy) is 3. The number of benzene rings is 1. The second-order valence-corrected chi connectivity index (χ2v) is 7.08. The van der Waals surface area contributed by atoms with E-state index in [-0.39, 0.29) is 12.2 Å². The van der Waals surface area contributed by atoms with Crippen LogP contribution in [0.5, 0.6) is 11.5 Å². The highest BCUT2D eigenvalue weighted by molar-refractivity contribution is 5.92. The Morgan fingerprint density at radius 1 is 1.14 bits per heavy atom. The topological polar surface area (TPSA) is 115 Å². The molecule has 9 nitrogen and oxygen atoms in total. The van der Waals surface area contributed by atoms with Gasteiger partial charge in [0.15, 0.2) is 23.2 Å². The van der Waals surface area contributed by atoms with E-state index in [4.69, 9.17) is 4.74 Å². The molecule has 0 spiro atoms. The van der Waals surface area contributed by atoms with Gasteiger partial charge in [0.1, 0.15) is 17.1 Å². The average Bonchev–Trinajstić information content (AvgIpc) is 2.78. The molecule has 0 aliphatic carbocycles. The summed E-state index contributed by atoms with van der Waals surface area (Å²) in [7, 11) is 1.23. The van der Waals surface area contributed by atoms with Crippen molar-refractivity contribution >= 4 is 5.91 Å². The standard InChI is InChI=1S/C21H15F7N4O5/c1-35-8-14(9-2-3-15(11(22)4-9)37-21(26,27)28)31-19(34)13-6-16(33)32-18(30-13)17-12(23)5-10(7-29-17)36-20(24)25/h2-7,14,20H,8H2,1H3,(H,31,34)(H,30,32,33). The van der Waals surface area contributed by atoms with Crippen LogP contribution in [0.4, 0.5) is 30.7 Å². The number of nitrogens with one attached hydrogen (secondary N) is 2. The number of H-pyrrole nitrogens is 1. The van der Waals surface area contributed by atoms with Gasteiger partial charge in [0.2, 0.25) is 0 Å². The van der Waals surface area contributed by atoms with Gasteiger partial charge in [-0.25, -0.2) is 18.7 Å². The van der Waals surface area contributed by atoms with Crippen LogP contribution in [0.2, 0.25) is 0 Å². The number of rotatable bonds is 9. The van der Waals surface area contributed by atoms with Gasteiger partial charge in [0, 0.05) is 19.2 Å². The number of methoxy groups -OCH3 is 1. The van der Waals surface area contributed by atoms with Gasteiger partial charge in [-0.3, -0.25) is 9.59 Å². The van der Waals surface area contributed by atoms with Crippen molar-refractivity contribution in [1.29, 1.82) is 0 Å². The van der Waals surface area contributed by atoms with Crippen LogP contribution in [0.1, 0.15) is 22.1 Å². The maximum atomic E-state index is 14.4. The lowest BCUT2D eigenvalue weighted by atomic mass is 10.1. The van der Waals surface area contributed by atoms with E-state index in [0.29, 0.717) is 18.2 Å². The number of aromatic amines is 1. The van der Waals surface area contributed by atoms with Crippen molar-refractivity contribution in [3.05, 3.63) is 69.8 Å². The predicted molar refractivity (Wildman–Crippen MR) is 110 cm³/mol. The molecule has 3 rings (SSSR count). The molecule has 1 amide bonds. The summed E-state index contributed by atoms with van der Waals surface area (Å²) >= 11 is 0. The van der Waals surface area contributed by atoms with Crippen LogP contribution in [-0.4, -0.2) is 47.5 Å². The normalized spacial score (nSPS) is 12.4. The van der Waals surface area contributed by atoms with E-state index in [9.17, 15) is 40.3 Å². The monoisotopic (exact) mass is 536 g/mol. The van der Waals surface area contributed by atoms with Crippen molar-refractivity contribution in [2.75, 3.05) is 13.7 Å². The number of alkyl halides is 5. The third-order valence-corrected chi connectivity index (χ3v) is 4.46. The molecule has 1 atom stereocenters. The Labute approximate surface area is 202 Å². The number of aromatic nitrogens is 3. The highest BCUT2D eigenvalue weighted by atomic mass is 19.4. The molecule has 1 aromatic carbocycles. The fourth-order valence-electron chi connectivity index (χ4n) is 3.01. The molecule has 198 valence electrons. The number of hydrogen-bond donors (Lipinski definition) is 2. The summed E-state index contributed by atoms with van der Waals surface area (Å²) in [6.07, 6.45) is -4.39. The number of halogens is 7. The zero-order chi connectivity index (χ0) is 27.3. The lowest BCUT2D eigenvalue weighted by molar-refractivity contribution is -0.275. The molecule has 0 saturated heterocycles. The third-order valence-electron chi connectivity index (χ3n) is 4.46. The Morgan fingerprint density at radius 2 is 1.86 bits per heavy atom. The molecule has 1 unspecified atom stereocenters. The van der Waals surface area contributed by atoms with Crippen molar-refractivity contribution in [2.45, 2.75) is 19.0 Å². The quantitative estimate of drug-likeness (QED) is 0.401. The molecule has 16 heteroatoms. The molecule has 2 heterocycles. The van der Waals surface area contributed by atoms with Crippen LogP contribution in [0.3, 0.4) is 0 Å². The maximum absolute atomic E-state index is 14.4. The molecule has 0 fully saturated rings. The van der Waals surface area contributed by atoms with Gasteiger partial charge in [-0.15, -0.1) is 13.2 Å². The molecular weight excluding hydrogens is 521 g/mol. The lowest BCUT2D eigenvalue weighted by Crippen LogP contribution is -2.33. The molecule has 2 aromatic heterocycles. The van der Waals surface area contributed by atoms with Crippen molar-refractivity contribution in [3.8, 4) is 23.0 Å². The Kier molecular flexibility index (Phi) is 8.31. The van der Waals surface area contributed by atoms with Crippen LogP contribution in [0, 0.1) is 11.6 Å². The van der Waals surface area contributed by atoms with Crippen LogP contribution in [0.15, 0.2) is 41.3 Å². The van der Waals surface area contributed by atoms with E-state index >= 15 is 0 Å². The first-order chi connectivity index (χ1) is 17.4. The van der Waals surface area contributed by atoms with Crippen LogP contribution in [-0.2, 0) is 4.74 Å². The van der Waals surface area contributed by atoms with E-state index in [1.807, 2.05) is 0 Å². The maximum Gasteiger partial charge on any atom is 0.573 e. The first-order valence-electron chi connectivity index (χ1n) is 9.93. The first kappa shape index (κ1) is 27.4. The highest BCUT2D eigenvalue weighted by Gasteiger charge is 2.32. The summed E-state index contributed by atoms with van der Waals surface area (Å²) in [5, 5.41) is 2.37. The summed E-state index contributed by atoms with van der Waals surface area (Å²) in [5.41, 5.74) is -2.07. The van der Waals surface area contributed by atoms with Crippen LogP contribution >= 0.6 is 0 Å². The van der Waals surface area contributed by atoms with Crippen LogP contribution < -0.4 is 20.3 Å². The largest absolute Gasteiger partial charge is 0.573 e. The molecule has 0 radical (unpaired) electrons. The van der Waals surface area contributed by atoms with Gasteiger partial charge in [-0.1, -0.05) is 6.07 Å². The van der Waals surface area contributed by atoms with Crippen molar-refractivity contribution < 1.29 is 49.7 Å². The fourth-order valence-corrected chi connectivity index (χ4v) is 3.01. The van der Waals surface area contributed by atoms with E-state index in [1.165, 1.54) is 7.11 Å². The Bertz CT molecular complexity index is 1330. The molecule has 3 aromatic rings. The fraction of sp³-hybridized carbons (Fsp3) is 0.238. The lowest BCUT2D eigenvalue weighted by Gasteiger charge is -2.19. The molecule has 37 heavy (non-hydrogen) atoms. The molecule has 0 saturated carbocycles. The van der Waals surface area contributed by atoms with Gasteiger partial charge in [0.25, 0.3) is 11.5 Å². The zero-order valence-corrected chi connectivity index (χ0v) is 18.4. The smallest absolute Gasteiger partial charge is 0.433 e. The number of pyridine rings is 1. The third kappa shape index (κ3) is 7.39. The van der Waals surface area contributed by atoms with Crippen LogP contribution in [0.25, 0.3) is 11.5 Å². The Balaban J connectivity index is 1.87. The van der Waals surface area contributed by atoms with Gasteiger partial charge < -0.3 is 24.5 Å². The van der Waals surface area contributed by atoms with E-state index < -0.39 is 70.8 Å². The SMILES string of the molecule is COCC(NC(=O)c1cc(=O)[nH]c(-c2ncc(OC(F)F)cc2F)n1)c1ccc(OC(F)(F)F)c(F)c1. The molecule has 0 aliphatic heterocycles. The summed E-state index contributed by atoms with van der Waals surface area (Å²) in [6.45, 7) is -3.51. The second-order valence-electron chi connectivity index (χ2n) is 7.08. The predicted octanol–water partition coefficient (Wildman–Crippen LogP) is 3.73. The number of amides is 1. The van der Waals surface area contributed by atoms with Gasteiger partial charge >= 0.3 is 13.0 Å². The molecule has 2 N–H and O–H groups in total. The van der Waals surface area contributed by atoms with Gasteiger partial charge in [-0.05, 0) is 17.7 Å². The minimum absolute atomic E-state index is 0.0189. The summed E-state index contributed by atoms with van der Waals surface area (Å²) in [5.74, 6) is -5.83. The average molecular weight is 536 g/mol. The molecule has 0 bridgehead atoms.